The number of hydrogen-bond donors (Lipinski definition) is 1. The SMILES string of the molecule is Cc1ccccc1C(NC(=O)c1ccc(Cl)c(S(=O)(=O)N2CCCC2)c1)c1ccccc1. The quantitative estimate of drug-likeness (QED) is 0.556. The van der Waals surface area contributed by atoms with Crippen molar-refractivity contribution in [2.24, 2.45) is 0 Å². The molecule has 0 radical (unpaired) electrons. The van der Waals surface area contributed by atoms with Crippen molar-refractivity contribution >= 4 is 27.5 Å². The number of carbonyl (C=O) groups is 1. The maximum Gasteiger partial charge on any atom is 0.252 e. The van der Waals surface area contributed by atoms with Crippen molar-refractivity contribution < 1.29 is 13.2 Å². The lowest BCUT2D eigenvalue weighted by atomic mass is 9.94. The van der Waals surface area contributed by atoms with Gasteiger partial charge in [-0.3, -0.25) is 4.79 Å². The van der Waals surface area contributed by atoms with E-state index in [2.05, 4.69) is 5.32 Å². The number of amides is 1. The second-order valence-electron chi connectivity index (χ2n) is 7.93. The first kappa shape index (κ1) is 22.5. The lowest BCUT2D eigenvalue weighted by Gasteiger charge is -2.22. The summed E-state index contributed by atoms with van der Waals surface area (Å²) in [5, 5.41) is 3.20. The van der Waals surface area contributed by atoms with Crippen molar-refractivity contribution in [1.29, 1.82) is 0 Å². The van der Waals surface area contributed by atoms with Crippen LogP contribution < -0.4 is 5.32 Å². The first-order chi connectivity index (χ1) is 15.4. The Morgan fingerprint density at radius 1 is 0.969 bits per heavy atom. The molecular weight excluding hydrogens is 444 g/mol. The molecule has 0 bridgehead atoms. The van der Waals surface area contributed by atoms with Gasteiger partial charge in [-0.25, -0.2) is 8.42 Å². The van der Waals surface area contributed by atoms with Gasteiger partial charge in [-0.15, -0.1) is 0 Å². The zero-order valence-electron chi connectivity index (χ0n) is 17.8. The fraction of sp³-hybridized carbons (Fsp3) is 0.240. The molecule has 1 aliphatic rings. The molecule has 3 aromatic carbocycles. The third-order valence-corrected chi connectivity index (χ3v) is 8.16. The molecule has 1 aliphatic heterocycles. The summed E-state index contributed by atoms with van der Waals surface area (Å²) in [6.07, 6.45) is 1.65. The van der Waals surface area contributed by atoms with E-state index in [-0.39, 0.29) is 27.4 Å². The molecular formula is C25H25ClN2O3S. The van der Waals surface area contributed by atoms with E-state index in [1.165, 1.54) is 16.4 Å². The summed E-state index contributed by atoms with van der Waals surface area (Å²) in [6, 6.07) is 21.6. The van der Waals surface area contributed by atoms with Crippen LogP contribution in [0.3, 0.4) is 0 Å². The third kappa shape index (κ3) is 4.58. The molecule has 1 N–H and O–H groups in total. The molecule has 1 atom stereocenters. The standard InChI is InChI=1S/C25H25ClN2O3S/c1-18-9-5-6-12-21(18)24(19-10-3-2-4-11-19)27-25(29)20-13-14-22(26)23(17-20)32(30,31)28-15-7-8-16-28/h2-6,9-14,17,24H,7-8,15-16H2,1H3,(H,27,29). The molecule has 1 saturated heterocycles. The van der Waals surface area contributed by atoms with Crippen LogP contribution in [-0.2, 0) is 10.0 Å². The van der Waals surface area contributed by atoms with Gasteiger partial charge in [-0.05, 0) is 54.7 Å². The molecule has 1 fully saturated rings. The predicted octanol–water partition coefficient (Wildman–Crippen LogP) is 4.95. The highest BCUT2D eigenvalue weighted by Crippen LogP contribution is 2.29. The highest BCUT2D eigenvalue weighted by molar-refractivity contribution is 7.89. The maximum atomic E-state index is 13.3. The fourth-order valence-corrected chi connectivity index (χ4v) is 6.04. The Kier molecular flexibility index (Phi) is 6.65. The van der Waals surface area contributed by atoms with Gasteiger partial charge in [0.1, 0.15) is 4.90 Å². The number of nitrogens with zero attached hydrogens (tertiary/aromatic N) is 1. The van der Waals surface area contributed by atoms with Crippen molar-refractivity contribution in [3.63, 3.8) is 0 Å². The molecule has 3 aromatic rings. The van der Waals surface area contributed by atoms with E-state index in [4.69, 9.17) is 11.6 Å². The van der Waals surface area contributed by atoms with Gasteiger partial charge in [0.05, 0.1) is 11.1 Å². The third-order valence-electron chi connectivity index (χ3n) is 5.78. The minimum Gasteiger partial charge on any atom is -0.341 e. The van der Waals surface area contributed by atoms with E-state index in [1.54, 1.807) is 6.07 Å². The van der Waals surface area contributed by atoms with E-state index >= 15 is 0 Å². The molecule has 7 heteroatoms. The molecule has 0 aliphatic carbocycles. The van der Waals surface area contributed by atoms with Gasteiger partial charge in [0.2, 0.25) is 10.0 Å². The number of benzene rings is 3. The Morgan fingerprint density at radius 2 is 1.62 bits per heavy atom. The van der Waals surface area contributed by atoms with Gasteiger partial charge in [0.25, 0.3) is 5.91 Å². The van der Waals surface area contributed by atoms with E-state index in [0.29, 0.717) is 13.1 Å². The highest BCUT2D eigenvalue weighted by atomic mass is 35.5. The minimum atomic E-state index is -3.74. The number of carbonyl (C=O) groups excluding carboxylic acids is 1. The Hall–Kier alpha value is -2.67. The van der Waals surface area contributed by atoms with Crippen molar-refractivity contribution in [3.05, 3.63) is 100 Å². The molecule has 4 rings (SSSR count). The average molecular weight is 469 g/mol. The summed E-state index contributed by atoms with van der Waals surface area (Å²) in [7, 11) is -3.74. The first-order valence-corrected chi connectivity index (χ1v) is 12.4. The smallest absolute Gasteiger partial charge is 0.252 e. The summed E-state index contributed by atoms with van der Waals surface area (Å²) >= 11 is 6.24. The van der Waals surface area contributed by atoms with Gasteiger partial charge in [0, 0.05) is 18.7 Å². The van der Waals surface area contributed by atoms with Gasteiger partial charge in [0.15, 0.2) is 0 Å². The van der Waals surface area contributed by atoms with Crippen LogP contribution in [0.5, 0.6) is 0 Å². The van der Waals surface area contributed by atoms with Crippen molar-refractivity contribution in [3.8, 4) is 0 Å². The highest BCUT2D eigenvalue weighted by Gasteiger charge is 2.30. The number of hydrogen-bond acceptors (Lipinski definition) is 3. The first-order valence-electron chi connectivity index (χ1n) is 10.6. The summed E-state index contributed by atoms with van der Waals surface area (Å²) in [5.41, 5.74) is 3.22. The van der Waals surface area contributed by atoms with Gasteiger partial charge >= 0.3 is 0 Å². The zero-order valence-corrected chi connectivity index (χ0v) is 19.4. The van der Waals surface area contributed by atoms with Crippen LogP contribution in [0.1, 0.15) is 45.9 Å². The molecule has 5 nitrogen and oxygen atoms in total. The van der Waals surface area contributed by atoms with Gasteiger partial charge in [-0.1, -0.05) is 66.2 Å². The van der Waals surface area contributed by atoms with Crippen LogP contribution in [0.4, 0.5) is 0 Å². The largest absolute Gasteiger partial charge is 0.341 e. The molecule has 0 aromatic heterocycles. The second-order valence-corrected chi connectivity index (χ2v) is 10.2. The monoisotopic (exact) mass is 468 g/mol. The fourth-order valence-electron chi connectivity index (χ4n) is 4.02. The lowest BCUT2D eigenvalue weighted by Crippen LogP contribution is -2.31. The number of nitrogens with one attached hydrogen (secondary N) is 1. The number of halogens is 1. The average Bonchev–Trinajstić information content (AvgIpc) is 3.35. The van der Waals surface area contributed by atoms with E-state index in [9.17, 15) is 13.2 Å². The van der Waals surface area contributed by atoms with E-state index < -0.39 is 10.0 Å². The Labute approximate surface area is 194 Å². The van der Waals surface area contributed by atoms with Crippen LogP contribution >= 0.6 is 11.6 Å². The summed E-state index contributed by atoms with van der Waals surface area (Å²) in [5.74, 6) is -0.364. The van der Waals surface area contributed by atoms with Gasteiger partial charge < -0.3 is 5.32 Å². The molecule has 32 heavy (non-hydrogen) atoms. The Morgan fingerprint density at radius 3 is 2.31 bits per heavy atom. The number of aryl methyl sites for hydroxylation is 1. The van der Waals surface area contributed by atoms with Crippen LogP contribution in [0.2, 0.25) is 5.02 Å². The summed E-state index contributed by atoms with van der Waals surface area (Å²) in [6.45, 7) is 2.94. The molecule has 1 amide bonds. The predicted molar refractivity (Wildman–Crippen MR) is 126 cm³/mol. The second kappa shape index (κ2) is 9.45. The molecule has 1 heterocycles. The van der Waals surface area contributed by atoms with Crippen LogP contribution in [-0.4, -0.2) is 31.7 Å². The van der Waals surface area contributed by atoms with Crippen LogP contribution in [0.25, 0.3) is 0 Å². The molecule has 0 saturated carbocycles. The van der Waals surface area contributed by atoms with E-state index in [1.807, 2.05) is 61.5 Å². The Balaban J connectivity index is 1.68. The normalized spacial score (nSPS) is 15.4. The van der Waals surface area contributed by atoms with Crippen molar-refractivity contribution in [2.75, 3.05) is 13.1 Å². The summed E-state index contributed by atoms with van der Waals surface area (Å²) in [4.78, 5) is 13.2. The maximum absolute atomic E-state index is 13.3. The van der Waals surface area contributed by atoms with Crippen molar-refractivity contribution in [2.45, 2.75) is 30.7 Å². The van der Waals surface area contributed by atoms with Gasteiger partial charge in [-0.2, -0.15) is 4.31 Å². The zero-order chi connectivity index (χ0) is 22.7. The van der Waals surface area contributed by atoms with Crippen LogP contribution in [0.15, 0.2) is 77.7 Å². The number of sulfonamides is 1. The molecule has 166 valence electrons. The topological polar surface area (TPSA) is 66.5 Å². The van der Waals surface area contributed by atoms with E-state index in [0.717, 1.165) is 29.5 Å². The minimum absolute atomic E-state index is 0.0270. The molecule has 1 unspecified atom stereocenters. The molecule has 0 spiro atoms. The van der Waals surface area contributed by atoms with Crippen LogP contribution in [0, 0.1) is 6.92 Å². The summed E-state index contributed by atoms with van der Waals surface area (Å²) < 4.78 is 27.5. The lowest BCUT2D eigenvalue weighted by molar-refractivity contribution is 0.0942. The van der Waals surface area contributed by atoms with Crippen molar-refractivity contribution in [1.82, 2.24) is 9.62 Å². The number of rotatable bonds is 6. The Bertz CT molecular complexity index is 1220.